The molecule has 1 aliphatic heterocycles. The molecular formula is C22H25F3N6O4S. The maximum atomic E-state index is 12.5. The van der Waals surface area contributed by atoms with E-state index in [1.807, 2.05) is 34.1 Å². The first kappa shape index (κ1) is 25.7. The fraction of sp³-hybridized carbons (Fsp3) is 0.500. The van der Waals surface area contributed by atoms with Gasteiger partial charge >= 0.3 is 24.2 Å². The van der Waals surface area contributed by atoms with Crippen LogP contribution in [0.4, 0.5) is 24.0 Å². The van der Waals surface area contributed by atoms with E-state index in [-0.39, 0.29) is 6.03 Å². The third-order valence-electron chi connectivity index (χ3n) is 5.91. The van der Waals surface area contributed by atoms with Crippen LogP contribution in [0.1, 0.15) is 32.1 Å². The number of carbonyl (C=O) groups is 2. The van der Waals surface area contributed by atoms with E-state index < -0.39 is 12.1 Å². The number of carboxylic acid groups (broad SMARTS) is 1. The summed E-state index contributed by atoms with van der Waals surface area (Å²) in [5.74, 6) is -2.24. The van der Waals surface area contributed by atoms with Crippen LogP contribution >= 0.6 is 11.3 Å². The lowest BCUT2D eigenvalue weighted by Crippen LogP contribution is -2.53. The van der Waals surface area contributed by atoms with Gasteiger partial charge in [-0.3, -0.25) is 0 Å². The number of hydrogen-bond donors (Lipinski definition) is 2. The van der Waals surface area contributed by atoms with Gasteiger partial charge in [0.1, 0.15) is 0 Å². The third kappa shape index (κ3) is 6.42. The summed E-state index contributed by atoms with van der Waals surface area (Å²) in [6, 6.07) is 8.86. The number of benzene rings is 1. The Morgan fingerprint density at radius 1 is 1.06 bits per heavy atom. The highest BCUT2D eigenvalue weighted by Gasteiger charge is 2.38. The lowest BCUT2D eigenvalue weighted by Gasteiger charge is -2.35. The molecule has 1 aliphatic carbocycles. The average Bonchev–Trinajstić information content (AvgIpc) is 3.52. The van der Waals surface area contributed by atoms with Gasteiger partial charge in [0.15, 0.2) is 5.01 Å². The smallest absolute Gasteiger partial charge is 0.475 e. The predicted molar refractivity (Wildman–Crippen MR) is 126 cm³/mol. The quantitative estimate of drug-likeness (QED) is 0.522. The third-order valence-corrected chi connectivity index (χ3v) is 6.95. The Balaban J connectivity index is 0.000000384. The van der Waals surface area contributed by atoms with E-state index >= 15 is 0 Å². The fourth-order valence-electron chi connectivity index (χ4n) is 4.01. The van der Waals surface area contributed by atoms with Crippen molar-refractivity contribution >= 4 is 39.6 Å². The van der Waals surface area contributed by atoms with Gasteiger partial charge in [0, 0.05) is 32.2 Å². The minimum absolute atomic E-state index is 0.0530. The zero-order valence-corrected chi connectivity index (χ0v) is 20.0. The average molecular weight is 527 g/mol. The first-order valence-electron chi connectivity index (χ1n) is 11.5. The number of rotatable bonds is 3. The van der Waals surface area contributed by atoms with Gasteiger partial charge in [-0.1, -0.05) is 36.6 Å². The molecule has 2 N–H and O–H groups in total. The molecule has 5 rings (SSSR count). The number of nitrogens with zero attached hydrogens (tertiary/aromatic N) is 5. The van der Waals surface area contributed by atoms with Crippen LogP contribution in [0, 0.1) is 0 Å². The van der Waals surface area contributed by atoms with Gasteiger partial charge in [0.2, 0.25) is 5.82 Å². The van der Waals surface area contributed by atoms with E-state index in [4.69, 9.17) is 14.4 Å². The van der Waals surface area contributed by atoms with Gasteiger partial charge in [0.05, 0.1) is 10.2 Å². The molecule has 36 heavy (non-hydrogen) atoms. The number of carboxylic acids is 1. The Morgan fingerprint density at radius 3 is 2.36 bits per heavy atom. The van der Waals surface area contributed by atoms with E-state index in [0.717, 1.165) is 28.1 Å². The van der Waals surface area contributed by atoms with Crippen LogP contribution in [0.5, 0.6) is 0 Å². The Bertz CT molecular complexity index is 1150. The number of carbonyl (C=O) groups excluding carboxylic acids is 1. The molecule has 2 fully saturated rings. The van der Waals surface area contributed by atoms with Gasteiger partial charge in [-0.2, -0.15) is 18.2 Å². The fourth-order valence-corrected chi connectivity index (χ4v) is 4.90. The van der Waals surface area contributed by atoms with E-state index in [1.54, 1.807) is 11.3 Å². The molecule has 1 saturated carbocycles. The summed E-state index contributed by atoms with van der Waals surface area (Å²) in [4.78, 5) is 34.5. The Labute approximate surface area is 208 Å². The second-order valence-electron chi connectivity index (χ2n) is 8.45. The molecule has 14 heteroatoms. The number of thiazole rings is 1. The molecule has 0 radical (unpaired) electrons. The van der Waals surface area contributed by atoms with Crippen LogP contribution in [0.15, 0.2) is 28.8 Å². The normalized spacial score (nSPS) is 17.0. The van der Waals surface area contributed by atoms with Gasteiger partial charge in [-0.05, 0) is 25.0 Å². The minimum Gasteiger partial charge on any atom is -0.475 e. The van der Waals surface area contributed by atoms with Crippen molar-refractivity contribution in [3.63, 3.8) is 0 Å². The molecule has 1 saturated heterocycles. The van der Waals surface area contributed by atoms with Crippen molar-refractivity contribution in [1.29, 1.82) is 0 Å². The van der Waals surface area contributed by atoms with Crippen LogP contribution in [-0.2, 0) is 4.79 Å². The van der Waals surface area contributed by atoms with Gasteiger partial charge in [0.25, 0.3) is 0 Å². The number of para-hydroxylation sites is 1. The van der Waals surface area contributed by atoms with E-state index in [1.165, 1.54) is 19.3 Å². The van der Waals surface area contributed by atoms with E-state index in [9.17, 15) is 18.0 Å². The molecule has 1 aromatic carbocycles. The van der Waals surface area contributed by atoms with Crippen molar-refractivity contribution in [3.05, 3.63) is 24.3 Å². The molecule has 2 aliphatic rings. The largest absolute Gasteiger partial charge is 0.490 e. The van der Waals surface area contributed by atoms with Crippen molar-refractivity contribution in [3.8, 4) is 10.8 Å². The van der Waals surface area contributed by atoms with Crippen molar-refractivity contribution in [2.45, 2.75) is 44.3 Å². The summed E-state index contributed by atoms with van der Waals surface area (Å²) in [6.07, 6.45) is 0.832. The van der Waals surface area contributed by atoms with Crippen molar-refractivity contribution in [2.75, 3.05) is 31.1 Å². The number of nitrogens with one attached hydrogen (secondary N) is 1. The molecule has 0 bridgehead atoms. The first-order valence-corrected chi connectivity index (χ1v) is 12.3. The van der Waals surface area contributed by atoms with Gasteiger partial charge < -0.3 is 24.7 Å². The minimum atomic E-state index is -5.08. The number of aliphatic carboxylic acids is 1. The first-order chi connectivity index (χ1) is 17.2. The maximum absolute atomic E-state index is 12.5. The highest BCUT2D eigenvalue weighted by molar-refractivity contribution is 7.21. The lowest BCUT2D eigenvalue weighted by atomic mass is 9.96. The number of piperazine rings is 1. The van der Waals surface area contributed by atoms with Crippen LogP contribution in [0.2, 0.25) is 0 Å². The van der Waals surface area contributed by atoms with Crippen molar-refractivity contribution in [2.24, 2.45) is 0 Å². The van der Waals surface area contributed by atoms with Gasteiger partial charge in [-0.25, -0.2) is 14.6 Å². The maximum Gasteiger partial charge on any atom is 0.490 e. The second kappa shape index (κ2) is 11.1. The molecule has 194 valence electrons. The summed E-state index contributed by atoms with van der Waals surface area (Å²) >= 11 is 1.56. The molecule has 0 atom stereocenters. The SMILES string of the molecule is O=C(NC1CCCCC1)N1CCN(c2nc(-c3nc4ccccc4s3)no2)CC1.O=C(O)C(F)(F)F. The second-order valence-corrected chi connectivity index (χ2v) is 9.48. The summed E-state index contributed by atoms with van der Waals surface area (Å²) in [5.41, 5.74) is 0.941. The number of hydrogen-bond acceptors (Lipinski definition) is 8. The van der Waals surface area contributed by atoms with Crippen LogP contribution in [-0.4, -0.2) is 75.5 Å². The van der Waals surface area contributed by atoms with Crippen LogP contribution in [0.25, 0.3) is 21.0 Å². The molecule has 2 amide bonds. The molecule has 0 unspecified atom stereocenters. The number of halogens is 3. The number of anilines is 1. The zero-order valence-electron chi connectivity index (χ0n) is 19.2. The molecule has 3 aromatic rings. The number of fused-ring (bicyclic) bond motifs is 1. The van der Waals surface area contributed by atoms with E-state index in [0.29, 0.717) is 44.1 Å². The summed E-state index contributed by atoms with van der Waals surface area (Å²) in [6.45, 7) is 2.66. The zero-order chi connectivity index (χ0) is 25.7. The van der Waals surface area contributed by atoms with Crippen molar-refractivity contribution < 1.29 is 32.4 Å². The number of alkyl halides is 3. The van der Waals surface area contributed by atoms with Crippen LogP contribution in [0.3, 0.4) is 0 Å². The Morgan fingerprint density at radius 2 is 1.72 bits per heavy atom. The Hall–Kier alpha value is -3.42. The van der Waals surface area contributed by atoms with E-state index in [2.05, 4.69) is 20.4 Å². The summed E-state index contributed by atoms with van der Waals surface area (Å²) in [5, 5.41) is 15.2. The topological polar surface area (TPSA) is 125 Å². The molecule has 2 aromatic heterocycles. The number of amides is 2. The number of urea groups is 1. The lowest BCUT2D eigenvalue weighted by molar-refractivity contribution is -0.192. The summed E-state index contributed by atoms with van der Waals surface area (Å²) in [7, 11) is 0. The van der Waals surface area contributed by atoms with Crippen molar-refractivity contribution in [1.82, 2.24) is 25.3 Å². The van der Waals surface area contributed by atoms with Gasteiger partial charge in [-0.15, -0.1) is 11.3 Å². The standard InChI is InChI=1S/C20H24N6O2S.C2HF3O2/c27-19(21-14-6-2-1-3-7-14)25-10-12-26(13-11-25)20-23-17(24-28-20)18-22-15-8-4-5-9-16(15)29-18;3-2(4,5)1(6)7/h4-5,8-9,14H,1-3,6-7,10-13H2,(H,21,27);(H,6,7). The highest BCUT2D eigenvalue weighted by atomic mass is 32.1. The molecule has 10 nitrogen and oxygen atoms in total. The monoisotopic (exact) mass is 526 g/mol. The van der Waals surface area contributed by atoms with Crippen LogP contribution < -0.4 is 10.2 Å². The predicted octanol–water partition coefficient (Wildman–Crippen LogP) is 4.14. The molecule has 3 heterocycles. The molecular weight excluding hydrogens is 501 g/mol. The number of aromatic nitrogens is 3. The summed E-state index contributed by atoms with van der Waals surface area (Å²) < 4.78 is 38.3. The molecule has 0 spiro atoms. The highest BCUT2D eigenvalue weighted by Crippen LogP contribution is 2.29. The Kier molecular flexibility index (Phi) is 7.91.